The Balaban J connectivity index is 1.62. The second kappa shape index (κ2) is 8.06. The van der Waals surface area contributed by atoms with Gasteiger partial charge in [0.05, 0.1) is 6.04 Å². The molecule has 1 amide bonds. The number of para-hydroxylation sites is 1. The number of nitrogens with zero attached hydrogens (tertiary/aromatic N) is 1. The fourth-order valence-corrected chi connectivity index (χ4v) is 5.39. The maximum atomic E-state index is 13.7. The molecule has 2 bridgehead atoms. The van der Waals surface area contributed by atoms with E-state index in [-0.39, 0.29) is 11.9 Å². The molecule has 5 nitrogen and oxygen atoms in total. The third kappa shape index (κ3) is 3.54. The summed E-state index contributed by atoms with van der Waals surface area (Å²) >= 11 is 15.3. The van der Waals surface area contributed by atoms with Crippen molar-refractivity contribution in [2.45, 2.75) is 18.7 Å². The Labute approximate surface area is 204 Å². The van der Waals surface area contributed by atoms with Crippen LogP contribution in [0.25, 0.3) is 0 Å². The lowest BCUT2D eigenvalue weighted by Gasteiger charge is -2.56. The molecule has 2 N–H and O–H groups in total. The van der Waals surface area contributed by atoms with E-state index in [9.17, 15) is 4.79 Å². The molecule has 0 aliphatic carbocycles. The van der Waals surface area contributed by atoms with Crippen LogP contribution >= 0.6 is 39.7 Å². The summed E-state index contributed by atoms with van der Waals surface area (Å²) in [5.74, 6) is -0.0690. The monoisotopic (exact) mass is 527 g/mol. The van der Waals surface area contributed by atoms with Crippen LogP contribution in [0, 0.1) is 5.92 Å². The molecule has 5 rings (SSSR count). The van der Waals surface area contributed by atoms with Crippen LogP contribution in [0.5, 0.6) is 5.75 Å². The molecule has 0 saturated carbocycles. The van der Waals surface area contributed by atoms with Gasteiger partial charge in [0.1, 0.15) is 11.7 Å². The Morgan fingerprint density at radius 1 is 1.16 bits per heavy atom. The van der Waals surface area contributed by atoms with Crippen LogP contribution in [0.4, 0.5) is 11.4 Å². The lowest BCUT2D eigenvalue weighted by molar-refractivity contribution is -0.130. The van der Waals surface area contributed by atoms with E-state index < -0.39 is 11.6 Å². The third-order valence-electron chi connectivity index (χ3n) is 5.87. The van der Waals surface area contributed by atoms with Gasteiger partial charge in [-0.05, 0) is 73.7 Å². The number of benzene rings is 3. The highest BCUT2D eigenvalue weighted by Gasteiger charge is 2.59. The van der Waals surface area contributed by atoms with E-state index in [1.807, 2.05) is 60.4 Å². The molecule has 8 heteroatoms. The van der Waals surface area contributed by atoms with E-state index in [0.29, 0.717) is 21.6 Å². The van der Waals surface area contributed by atoms with Gasteiger partial charge in [0, 0.05) is 26.4 Å². The van der Waals surface area contributed by atoms with Gasteiger partial charge in [-0.1, -0.05) is 45.7 Å². The number of halogens is 2. The molecular formula is C24H19BrClN3O2S. The summed E-state index contributed by atoms with van der Waals surface area (Å²) in [6.45, 7) is 1.91. The van der Waals surface area contributed by atoms with Crippen molar-refractivity contribution in [1.82, 2.24) is 5.32 Å². The van der Waals surface area contributed by atoms with Crippen molar-refractivity contribution in [3.63, 3.8) is 0 Å². The molecule has 1 fully saturated rings. The molecule has 162 valence electrons. The summed E-state index contributed by atoms with van der Waals surface area (Å²) in [6, 6.07) is 22.2. The van der Waals surface area contributed by atoms with E-state index in [0.717, 1.165) is 15.7 Å². The van der Waals surface area contributed by atoms with Crippen molar-refractivity contribution in [2.75, 3.05) is 10.2 Å². The van der Waals surface area contributed by atoms with Crippen LogP contribution in [0.15, 0.2) is 77.3 Å². The zero-order chi connectivity index (χ0) is 22.5. The first-order valence-corrected chi connectivity index (χ1v) is 11.7. The number of fused-ring (bicyclic) bond motifs is 4. The predicted octanol–water partition coefficient (Wildman–Crippen LogP) is 5.90. The Morgan fingerprint density at radius 2 is 1.88 bits per heavy atom. The first-order chi connectivity index (χ1) is 15.4. The second-order valence-corrected chi connectivity index (χ2v) is 9.65. The van der Waals surface area contributed by atoms with Crippen LogP contribution in [-0.4, -0.2) is 16.7 Å². The Kier molecular flexibility index (Phi) is 5.35. The highest BCUT2D eigenvalue weighted by Crippen LogP contribution is 2.50. The fourth-order valence-electron chi connectivity index (χ4n) is 4.47. The Morgan fingerprint density at radius 3 is 2.59 bits per heavy atom. The molecule has 3 aromatic rings. The highest BCUT2D eigenvalue weighted by atomic mass is 79.9. The van der Waals surface area contributed by atoms with Crippen LogP contribution in [0.1, 0.15) is 18.5 Å². The maximum absolute atomic E-state index is 13.7. The Bertz CT molecular complexity index is 1210. The normalized spacial score (nSPS) is 23.6. The molecule has 1 saturated heterocycles. The molecule has 2 aliphatic heterocycles. The third-order valence-corrected chi connectivity index (χ3v) is 6.91. The molecule has 2 heterocycles. The van der Waals surface area contributed by atoms with E-state index in [4.69, 9.17) is 28.6 Å². The lowest BCUT2D eigenvalue weighted by Crippen LogP contribution is -2.72. The summed E-state index contributed by atoms with van der Waals surface area (Å²) in [7, 11) is 0. The summed E-state index contributed by atoms with van der Waals surface area (Å²) in [4.78, 5) is 15.6. The van der Waals surface area contributed by atoms with Crippen LogP contribution in [0.3, 0.4) is 0 Å². The smallest absolute Gasteiger partial charge is 0.236 e. The number of amides is 1. The standard InChI is InChI=1S/C24H19BrClN3O2S/c1-24-20(22(30)27-16-10-8-15(26)9-11-16)21(18-13-14(25)7-12-19(18)31-24)28-23(32)29(24)17-5-3-2-4-6-17/h2-13,20-21H,1H3,(H,27,30)(H,28,32). The van der Waals surface area contributed by atoms with Crippen molar-refractivity contribution in [3.8, 4) is 5.75 Å². The summed E-state index contributed by atoms with van der Waals surface area (Å²) in [5, 5.41) is 7.54. The van der Waals surface area contributed by atoms with E-state index in [1.165, 1.54) is 0 Å². The summed E-state index contributed by atoms with van der Waals surface area (Å²) in [5.41, 5.74) is 1.33. The lowest BCUT2D eigenvalue weighted by atomic mass is 9.78. The minimum absolute atomic E-state index is 0.179. The number of carbonyl (C=O) groups is 1. The molecule has 2 aliphatic rings. The van der Waals surface area contributed by atoms with Crippen molar-refractivity contribution < 1.29 is 9.53 Å². The van der Waals surface area contributed by atoms with Gasteiger partial charge >= 0.3 is 0 Å². The van der Waals surface area contributed by atoms with E-state index >= 15 is 0 Å². The quantitative estimate of drug-likeness (QED) is 0.415. The number of hydrogen-bond donors (Lipinski definition) is 2. The molecule has 0 spiro atoms. The predicted molar refractivity (Wildman–Crippen MR) is 134 cm³/mol. The van der Waals surface area contributed by atoms with Crippen molar-refractivity contribution in [2.24, 2.45) is 5.92 Å². The van der Waals surface area contributed by atoms with Crippen molar-refractivity contribution in [1.29, 1.82) is 0 Å². The zero-order valence-electron chi connectivity index (χ0n) is 17.0. The number of rotatable bonds is 3. The van der Waals surface area contributed by atoms with Crippen LogP contribution in [0.2, 0.25) is 5.02 Å². The highest BCUT2D eigenvalue weighted by molar-refractivity contribution is 9.10. The van der Waals surface area contributed by atoms with Gasteiger partial charge in [-0.2, -0.15) is 0 Å². The summed E-state index contributed by atoms with van der Waals surface area (Å²) < 4.78 is 7.47. The zero-order valence-corrected chi connectivity index (χ0v) is 20.2. The van der Waals surface area contributed by atoms with Crippen molar-refractivity contribution in [3.05, 3.63) is 87.9 Å². The molecule has 32 heavy (non-hydrogen) atoms. The molecule has 3 aromatic carbocycles. The largest absolute Gasteiger partial charge is 0.467 e. The number of carbonyl (C=O) groups excluding carboxylic acids is 1. The number of thiocarbonyl (C=S) groups is 1. The first-order valence-electron chi connectivity index (χ1n) is 10.1. The van der Waals surface area contributed by atoms with E-state index in [2.05, 4.69) is 26.6 Å². The second-order valence-electron chi connectivity index (χ2n) is 7.91. The fraction of sp³-hybridized carbons (Fsp3) is 0.167. The number of ether oxygens (including phenoxy) is 1. The van der Waals surface area contributed by atoms with E-state index in [1.54, 1.807) is 24.3 Å². The first kappa shape index (κ1) is 21.2. The Hall–Kier alpha value is -2.61. The van der Waals surface area contributed by atoms with Gasteiger partial charge in [0.25, 0.3) is 0 Å². The molecule has 0 radical (unpaired) electrons. The average Bonchev–Trinajstić information content (AvgIpc) is 2.76. The van der Waals surface area contributed by atoms with Gasteiger partial charge in [-0.3, -0.25) is 9.69 Å². The van der Waals surface area contributed by atoms with Gasteiger partial charge < -0.3 is 15.4 Å². The summed E-state index contributed by atoms with van der Waals surface area (Å²) in [6.07, 6.45) is 0. The molecular weight excluding hydrogens is 510 g/mol. The minimum atomic E-state index is -1.05. The number of anilines is 2. The maximum Gasteiger partial charge on any atom is 0.236 e. The van der Waals surface area contributed by atoms with Crippen LogP contribution < -0.4 is 20.3 Å². The number of nitrogens with one attached hydrogen (secondary N) is 2. The van der Waals surface area contributed by atoms with Gasteiger partial charge in [-0.15, -0.1) is 0 Å². The van der Waals surface area contributed by atoms with Gasteiger partial charge in [0.15, 0.2) is 10.8 Å². The van der Waals surface area contributed by atoms with Crippen molar-refractivity contribution >= 4 is 62.1 Å². The topological polar surface area (TPSA) is 53.6 Å². The van der Waals surface area contributed by atoms with Gasteiger partial charge in [0.2, 0.25) is 5.91 Å². The molecule has 3 atom stereocenters. The van der Waals surface area contributed by atoms with Crippen LogP contribution in [-0.2, 0) is 4.79 Å². The average molecular weight is 529 g/mol. The SMILES string of the molecule is CC12Oc3ccc(Br)cc3C(NC(=S)N1c1ccccc1)C2C(=O)Nc1ccc(Cl)cc1. The van der Waals surface area contributed by atoms with Gasteiger partial charge in [-0.25, -0.2) is 0 Å². The molecule has 3 unspecified atom stereocenters. The number of hydrogen-bond acceptors (Lipinski definition) is 3. The molecule has 0 aromatic heterocycles. The minimum Gasteiger partial charge on any atom is -0.467 e.